The van der Waals surface area contributed by atoms with Crippen LogP contribution in [0.5, 0.6) is 0 Å². The van der Waals surface area contributed by atoms with Crippen molar-refractivity contribution in [3.8, 4) is 0 Å². The van der Waals surface area contributed by atoms with Gasteiger partial charge in [-0.15, -0.1) is 0 Å². The van der Waals surface area contributed by atoms with Crippen molar-refractivity contribution in [2.24, 2.45) is 0 Å². The molecule has 0 aromatic heterocycles. The highest BCUT2D eigenvalue weighted by Gasteiger charge is 2.01. The van der Waals surface area contributed by atoms with Crippen LogP contribution in [0.3, 0.4) is 0 Å². The first-order chi connectivity index (χ1) is 10.8. The summed E-state index contributed by atoms with van der Waals surface area (Å²) in [6.45, 7) is 6.81. The second-order valence-corrected chi connectivity index (χ2v) is 4.69. The van der Waals surface area contributed by atoms with Crippen LogP contribution >= 0.6 is 0 Å². The SMILES string of the molecule is CCCC(O)COCCOCCOCCOCCOCCO. The number of aliphatic hydroxyl groups excluding tert-OH is 2. The Morgan fingerprint density at radius 3 is 1.50 bits per heavy atom. The van der Waals surface area contributed by atoms with Gasteiger partial charge in [-0.1, -0.05) is 13.3 Å². The molecular formula is C15H32O7. The number of hydrogen-bond donors (Lipinski definition) is 2. The molecule has 0 aliphatic rings. The smallest absolute Gasteiger partial charge is 0.0773 e. The number of aliphatic hydroxyl groups is 2. The molecule has 1 atom stereocenters. The number of ether oxygens (including phenoxy) is 5. The lowest BCUT2D eigenvalue weighted by Gasteiger charge is -2.10. The molecule has 0 bridgehead atoms. The summed E-state index contributed by atoms with van der Waals surface area (Å²) in [5.41, 5.74) is 0. The fourth-order valence-corrected chi connectivity index (χ4v) is 1.58. The van der Waals surface area contributed by atoms with Gasteiger partial charge in [0.05, 0.1) is 78.8 Å². The van der Waals surface area contributed by atoms with Crippen LogP contribution in [-0.2, 0) is 23.7 Å². The van der Waals surface area contributed by atoms with Gasteiger partial charge in [0.15, 0.2) is 0 Å². The van der Waals surface area contributed by atoms with Crippen LogP contribution in [0.2, 0.25) is 0 Å². The number of rotatable bonds is 18. The molecule has 22 heavy (non-hydrogen) atoms. The first kappa shape index (κ1) is 21.7. The normalized spacial score (nSPS) is 12.7. The Kier molecular flexibility index (Phi) is 18.5. The highest BCUT2D eigenvalue weighted by molar-refractivity contribution is 4.51. The van der Waals surface area contributed by atoms with Crippen LogP contribution in [0.15, 0.2) is 0 Å². The van der Waals surface area contributed by atoms with E-state index in [2.05, 4.69) is 0 Å². The summed E-state index contributed by atoms with van der Waals surface area (Å²) < 4.78 is 26.2. The summed E-state index contributed by atoms with van der Waals surface area (Å²) in [5.74, 6) is 0. The Morgan fingerprint density at radius 2 is 1.09 bits per heavy atom. The fraction of sp³-hybridized carbons (Fsp3) is 1.00. The van der Waals surface area contributed by atoms with Gasteiger partial charge in [0.2, 0.25) is 0 Å². The Bertz CT molecular complexity index is 204. The Labute approximate surface area is 133 Å². The molecule has 7 heteroatoms. The van der Waals surface area contributed by atoms with Crippen LogP contribution in [-0.4, -0.2) is 89.0 Å². The van der Waals surface area contributed by atoms with Crippen molar-refractivity contribution in [2.45, 2.75) is 25.9 Å². The van der Waals surface area contributed by atoms with Crippen LogP contribution in [0.4, 0.5) is 0 Å². The van der Waals surface area contributed by atoms with Gasteiger partial charge in [-0.05, 0) is 6.42 Å². The molecule has 0 amide bonds. The van der Waals surface area contributed by atoms with Gasteiger partial charge in [0.1, 0.15) is 0 Å². The molecule has 0 aliphatic heterocycles. The molecule has 0 aliphatic carbocycles. The molecule has 0 aromatic rings. The van der Waals surface area contributed by atoms with Gasteiger partial charge in [0.25, 0.3) is 0 Å². The van der Waals surface area contributed by atoms with E-state index >= 15 is 0 Å². The molecule has 0 spiro atoms. The first-order valence-electron chi connectivity index (χ1n) is 7.98. The molecule has 0 saturated carbocycles. The molecule has 1 unspecified atom stereocenters. The van der Waals surface area contributed by atoms with Gasteiger partial charge < -0.3 is 33.9 Å². The highest BCUT2D eigenvalue weighted by Crippen LogP contribution is 1.96. The van der Waals surface area contributed by atoms with E-state index in [1.54, 1.807) is 0 Å². The molecule has 0 aromatic carbocycles. The average Bonchev–Trinajstić information content (AvgIpc) is 2.51. The minimum atomic E-state index is -0.373. The molecular weight excluding hydrogens is 292 g/mol. The van der Waals surface area contributed by atoms with Gasteiger partial charge in [-0.25, -0.2) is 0 Å². The van der Waals surface area contributed by atoms with E-state index in [-0.39, 0.29) is 12.7 Å². The van der Waals surface area contributed by atoms with Crippen LogP contribution in [0.25, 0.3) is 0 Å². The maximum absolute atomic E-state index is 9.44. The zero-order valence-electron chi connectivity index (χ0n) is 13.7. The third-order valence-electron chi connectivity index (χ3n) is 2.66. The van der Waals surface area contributed by atoms with Crippen molar-refractivity contribution in [3.63, 3.8) is 0 Å². The summed E-state index contributed by atoms with van der Waals surface area (Å²) in [6.07, 6.45) is 1.35. The van der Waals surface area contributed by atoms with Gasteiger partial charge >= 0.3 is 0 Å². The number of hydrogen-bond acceptors (Lipinski definition) is 7. The van der Waals surface area contributed by atoms with E-state index in [9.17, 15) is 5.11 Å². The van der Waals surface area contributed by atoms with E-state index in [0.717, 1.165) is 12.8 Å². The fourth-order valence-electron chi connectivity index (χ4n) is 1.58. The lowest BCUT2D eigenvalue weighted by atomic mass is 10.2. The van der Waals surface area contributed by atoms with E-state index in [1.807, 2.05) is 6.92 Å². The molecule has 0 heterocycles. The summed E-state index contributed by atoms with van der Waals surface area (Å²) in [7, 11) is 0. The quantitative estimate of drug-likeness (QED) is 0.349. The molecule has 0 rings (SSSR count). The standard InChI is InChI=1S/C15H32O7/c1-2-3-15(17)14-22-13-12-21-11-10-20-9-8-19-7-6-18-5-4-16/h15-17H,2-14H2,1H3. The molecule has 0 radical (unpaired) electrons. The van der Waals surface area contributed by atoms with E-state index < -0.39 is 0 Å². The summed E-state index contributed by atoms with van der Waals surface area (Å²) in [5, 5.41) is 17.9. The molecule has 0 fully saturated rings. The molecule has 2 N–H and O–H groups in total. The van der Waals surface area contributed by atoms with Gasteiger partial charge in [0, 0.05) is 0 Å². The van der Waals surface area contributed by atoms with Crippen molar-refractivity contribution in [2.75, 3.05) is 72.7 Å². The Morgan fingerprint density at radius 1 is 0.682 bits per heavy atom. The second-order valence-electron chi connectivity index (χ2n) is 4.69. The molecule has 7 nitrogen and oxygen atoms in total. The first-order valence-corrected chi connectivity index (χ1v) is 7.98. The van der Waals surface area contributed by atoms with Crippen LogP contribution < -0.4 is 0 Å². The maximum Gasteiger partial charge on any atom is 0.0773 e. The average molecular weight is 324 g/mol. The van der Waals surface area contributed by atoms with Crippen molar-refractivity contribution >= 4 is 0 Å². The van der Waals surface area contributed by atoms with Gasteiger partial charge in [-0.3, -0.25) is 0 Å². The topological polar surface area (TPSA) is 86.6 Å². The highest BCUT2D eigenvalue weighted by atomic mass is 16.6. The zero-order chi connectivity index (χ0) is 16.3. The minimum absolute atomic E-state index is 0.0352. The summed E-state index contributed by atoms with van der Waals surface area (Å²) in [6, 6.07) is 0. The summed E-state index contributed by atoms with van der Waals surface area (Å²) >= 11 is 0. The van der Waals surface area contributed by atoms with Gasteiger partial charge in [-0.2, -0.15) is 0 Å². The van der Waals surface area contributed by atoms with Crippen molar-refractivity contribution in [1.82, 2.24) is 0 Å². The minimum Gasteiger partial charge on any atom is -0.394 e. The predicted octanol–water partition coefficient (Wildman–Crippen LogP) is 0.223. The predicted molar refractivity (Wildman–Crippen MR) is 82.1 cm³/mol. The van der Waals surface area contributed by atoms with Crippen molar-refractivity contribution in [3.05, 3.63) is 0 Å². The van der Waals surface area contributed by atoms with Crippen LogP contribution in [0, 0.1) is 0 Å². The lowest BCUT2D eigenvalue weighted by molar-refractivity contribution is -0.0228. The van der Waals surface area contributed by atoms with E-state index in [1.165, 1.54) is 0 Å². The maximum atomic E-state index is 9.44. The second kappa shape index (κ2) is 18.8. The summed E-state index contributed by atoms with van der Waals surface area (Å²) in [4.78, 5) is 0. The monoisotopic (exact) mass is 324 g/mol. The lowest BCUT2D eigenvalue weighted by Crippen LogP contribution is -2.17. The Hall–Kier alpha value is -0.280. The molecule has 134 valence electrons. The van der Waals surface area contributed by atoms with E-state index in [0.29, 0.717) is 66.1 Å². The zero-order valence-corrected chi connectivity index (χ0v) is 13.7. The largest absolute Gasteiger partial charge is 0.394 e. The third kappa shape index (κ3) is 17.8. The molecule has 0 saturated heterocycles. The Balaban J connectivity index is 3.00. The van der Waals surface area contributed by atoms with Crippen molar-refractivity contribution < 1.29 is 33.9 Å². The van der Waals surface area contributed by atoms with E-state index in [4.69, 9.17) is 28.8 Å². The van der Waals surface area contributed by atoms with Crippen molar-refractivity contribution in [1.29, 1.82) is 0 Å². The van der Waals surface area contributed by atoms with Crippen LogP contribution in [0.1, 0.15) is 19.8 Å². The third-order valence-corrected chi connectivity index (χ3v) is 2.66.